The number of amides is 2. The number of hydrogen-bond donors (Lipinski definition) is 2. The molecule has 7 heteroatoms. The van der Waals surface area contributed by atoms with Crippen molar-refractivity contribution in [1.82, 2.24) is 15.8 Å². The highest BCUT2D eigenvalue weighted by molar-refractivity contribution is 6.30. The van der Waals surface area contributed by atoms with Crippen molar-refractivity contribution in [3.8, 4) is 11.3 Å². The maximum atomic E-state index is 12.8. The molecule has 0 saturated carbocycles. The first-order valence-electron chi connectivity index (χ1n) is 8.75. The number of hydrazine groups is 1. The summed E-state index contributed by atoms with van der Waals surface area (Å²) in [5.41, 5.74) is 7.45. The number of benzene rings is 2. The fourth-order valence-corrected chi connectivity index (χ4v) is 2.85. The van der Waals surface area contributed by atoms with E-state index >= 15 is 0 Å². The van der Waals surface area contributed by atoms with Gasteiger partial charge in [0.1, 0.15) is 0 Å². The zero-order valence-corrected chi connectivity index (χ0v) is 16.3. The molecule has 6 nitrogen and oxygen atoms in total. The van der Waals surface area contributed by atoms with Gasteiger partial charge in [0, 0.05) is 23.1 Å². The topological polar surface area (TPSA) is 80.3 Å². The molecule has 0 spiro atoms. The zero-order valence-electron chi connectivity index (χ0n) is 15.5. The van der Waals surface area contributed by atoms with Crippen LogP contribution < -0.4 is 10.9 Å². The first-order valence-corrected chi connectivity index (χ1v) is 9.13. The number of carbonyl (C=O) groups excluding carboxylic acids is 2. The Balaban J connectivity index is 1.89. The summed E-state index contributed by atoms with van der Waals surface area (Å²) in [6.07, 6.45) is -0.0978. The molecule has 0 bridgehead atoms. The second-order valence-electron chi connectivity index (χ2n) is 6.33. The molecule has 3 rings (SSSR count). The molecule has 1 heterocycles. The molecule has 3 aromatic rings. The van der Waals surface area contributed by atoms with Crippen molar-refractivity contribution in [3.63, 3.8) is 0 Å². The summed E-state index contributed by atoms with van der Waals surface area (Å²) in [6.45, 7) is 1.77. The molecule has 1 unspecified atom stereocenters. The number of nitrogens with one attached hydrogen (secondary N) is 2. The summed E-state index contributed by atoms with van der Waals surface area (Å²) in [5.74, 6) is -0.758. The quantitative estimate of drug-likeness (QED) is 0.642. The van der Waals surface area contributed by atoms with Crippen LogP contribution >= 0.6 is 11.6 Å². The number of hydrogen-bond acceptors (Lipinski definition) is 4. The maximum Gasteiger partial charge on any atom is 0.270 e. The minimum Gasteiger partial charge on any atom is -0.381 e. The Hall–Kier alpha value is -2.96. The van der Waals surface area contributed by atoms with Gasteiger partial charge in [-0.3, -0.25) is 20.4 Å². The van der Waals surface area contributed by atoms with Crippen LogP contribution in [0.1, 0.15) is 23.7 Å². The molecule has 0 fully saturated rings. The third-order valence-corrected chi connectivity index (χ3v) is 4.54. The van der Waals surface area contributed by atoms with E-state index in [1.165, 1.54) is 7.11 Å². The molecule has 0 aliphatic rings. The standard InChI is InChI=1S/C21H20ClN3O3/c1-13(28-2)11-20(26)24-25-21(27)17-12-19(14-7-9-15(22)10-8-14)23-18-6-4-3-5-16(17)18/h3-10,12-13H,11H2,1-2H3,(H,24,26)(H,25,27). The van der Waals surface area contributed by atoms with Crippen LogP contribution in [-0.4, -0.2) is 30.0 Å². The van der Waals surface area contributed by atoms with E-state index in [0.29, 0.717) is 27.2 Å². The Morgan fingerprint density at radius 3 is 2.54 bits per heavy atom. The predicted octanol–water partition coefficient (Wildman–Crippen LogP) is 3.74. The van der Waals surface area contributed by atoms with Crippen LogP contribution in [0.3, 0.4) is 0 Å². The molecule has 0 aliphatic heterocycles. The second-order valence-corrected chi connectivity index (χ2v) is 6.77. The van der Waals surface area contributed by atoms with Crippen LogP contribution in [0.15, 0.2) is 54.6 Å². The van der Waals surface area contributed by atoms with E-state index in [0.717, 1.165) is 5.56 Å². The van der Waals surface area contributed by atoms with E-state index in [1.54, 1.807) is 25.1 Å². The Morgan fingerprint density at radius 2 is 1.82 bits per heavy atom. The van der Waals surface area contributed by atoms with E-state index in [4.69, 9.17) is 16.3 Å². The van der Waals surface area contributed by atoms with Crippen LogP contribution in [0.2, 0.25) is 5.02 Å². The number of rotatable bonds is 5. The summed E-state index contributed by atoms with van der Waals surface area (Å²) >= 11 is 5.96. The number of halogens is 1. The van der Waals surface area contributed by atoms with Crippen LogP contribution in [0.5, 0.6) is 0 Å². The van der Waals surface area contributed by atoms with E-state index in [1.807, 2.05) is 36.4 Å². The lowest BCUT2D eigenvalue weighted by Gasteiger charge is -2.13. The van der Waals surface area contributed by atoms with Crippen molar-refractivity contribution in [3.05, 3.63) is 65.2 Å². The smallest absolute Gasteiger partial charge is 0.270 e. The number of nitrogens with zero attached hydrogens (tertiary/aromatic N) is 1. The van der Waals surface area contributed by atoms with Crippen LogP contribution in [0.4, 0.5) is 0 Å². The van der Waals surface area contributed by atoms with Crippen LogP contribution in [0.25, 0.3) is 22.2 Å². The molecule has 2 aromatic carbocycles. The lowest BCUT2D eigenvalue weighted by molar-refractivity contribution is -0.124. The highest BCUT2D eigenvalue weighted by Crippen LogP contribution is 2.25. The van der Waals surface area contributed by atoms with Crippen molar-refractivity contribution in [2.24, 2.45) is 0 Å². The molecular weight excluding hydrogens is 378 g/mol. The van der Waals surface area contributed by atoms with Gasteiger partial charge in [0.25, 0.3) is 5.91 Å². The number of fused-ring (bicyclic) bond motifs is 1. The Morgan fingerprint density at radius 1 is 1.11 bits per heavy atom. The molecular formula is C21H20ClN3O3. The van der Waals surface area contributed by atoms with Crippen LogP contribution in [-0.2, 0) is 9.53 Å². The van der Waals surface area contributed by atoms with Gasteiger partial charge in [0.2, 0.25) is 5.91 Å². The molecule has 28 heavy (non-hydrogen) atoms. The first-order chi connectivity index (χ1) is 13.5. The molecule has 144 valence electrons. The Kier molecular flexibility index (Phi) is 6.23. The molecule has 2 amide bonds. The van der Waals surface area contributed by atoms with Crippen molar-refractivity contribution in [2.75, 3.05) is 7.11 Å². The average molecular weight is 398 g/mol. The third kappa shape index (κ3) is 4.65. The largest absolute Gasteiger partial charge is 0.381 e. The van der Waals surface area contributed by atoms with Crippen molar-refractivity contribution in [2.45, 2.75) is 19.4 Å². The first kappa shape index (κ1) is 19.8. The molecule has 1 aromatic heterocycles. The Labute approximate surface area is 167 Å². The molecule has 0 aliphatic carbocycles. The number of para-hydroxylation sites is 1. The van der Waals surface area contributed by atoms with Crippen molar-refractivity contribution >= 4 is 34.3 Å². The summed E-state index contributed by atoms with van der Waals surface area (Å²) < 4.78 is 5.05. The minimum absolute atomic E-state index is 0.143. The maximum absolute atomic E-state index is 12.8. The van der Waals surface area contributed by atoms with Gasteiger partial charge in [0.05, 0.1) is 29.3 Å². The number of carbonyl (C=O) groups is 2. The van der Waals surface area contributed by atoms with E-state index in [-0.39, 0.29) is 18.4 Å². The van der Waals surface area contributed by atoms with Gasteiger partial charge >= 0.3 is 0 Å². The fourth-order valence-electron chi connectivity index (χ4n) is 2.72. The number of ether oxygens (including phenoxy) is 1. The molecule has 2 N–H and O–H groups in total. The summed E-state index contributed by atoms with van der Waals surface area (Å²) in [4.78, 5) is 29.3. The predicted molar refractivity (Wildman–Crippen MR) is 109 cm³/mol. The summed E-state index contributed by atoms with van der Waals surface area (Å²) in [6, 6.07) is 16.3. The number of pyridine rings is 1. The number of aromatic nitrogens is 1. The summed E-state index contributed by atoms with van der Waals surface area (Å²) in [5, 5.41) is 1.31. The van der Waals surface area contributed by atoms with E-state index in [2.05, 4.69) is 15.8 Å². The highest BCUT2D eigenvalue weighted by Gasteiger charge is 2.15. The average Bonchev–Trinajstić information content (AvgIpc) is 2.71. The van der Waals surface area contributed by atoms with Gasteiger partial charge in [-0.25, -0.2) is 4.98 Å². The van der Waals surface area contributed by atoms with Crippen molar-refractivity contribution < 1.29 is 14.3 Å². The minimum atomic E-state index is -0.424. The lowest BCUT2D eigenvalue weighted by Crippen LogP contribution is -2.42. The van der Waals surface area contributed by atoms with Crippen LogP contribution in [0, 0.1) is 0 Å². The van der Waals surface area contributed by atoms with Gasteiger partial charge in [-0.1, -0.05) is 41.9 Å². The molecule has 1 atom stereocenters. The normalized spacial score (nSPS) is 11.8. The SMILES string of the molecule is COC(C)CC(=O)NNC(=O)c1cc(-c2ccc(Cl)cc2)nc2ccccc12. The van der Waals surface area contributed by atoms with Gasteiger partial charge in [0.15, 0.2) is 0 Å². The van der Waals surface area contributed by atoms with Gasteiger partial charge in [-0.2, -0.15) is 0 Å². The van der Waals surface area contributed by atoms with E-state index < -0.39 is 5.91 Å². The van der Waals surface area contributed by atoms with Gasteiger partial charge < -0.3 is 4.74 Å². The highest BCUT2D eigenvalue weighted by atomic mass is 35.5. The van der Waals surface area contributed by atoms with Gasteiger partial charge in [-0.15, -0.1) is 0 Å². The second kappa shape index (κ2) is 8.82. The Bertz CT molecular complexity index is 1010. The summed E-state index contributed by atoms with van der Waals surface area (Å²) in [7, 11) is 1.53. The molecule has 0 saturated heterocycles. The van der Waals surface area contributed by atoms with E-state index in [9.17, 15) is 9.59 Å². The van der Waals surface area contributed by atoms with Gasteiger partial charge in [-0.05, 0) is 31.2 Å². The monoisotopic (exact) mass is 397 g/mol. The van der Waals surface area contributed by atoms with Crippen molar-refractivity contribution in [1.29, 1.82) is 0 Å². The zero-order chi connectivity index (χ0) is 20.1. The molecule has 0 radical (unpaired) electrons. The lowest BCUT2D eigenvalue weighted by atomic mass is 10.0. The number of methoxy groups -OCH3 is 1. The fraction of sp³-hybridized carbons (Fsp3) is 0.190. The third-order valence-electron chi connectivity index (χ3n) is 4.29.